The summed E-state index contributed by atoms with van der Waals surface area (Å²) in [6.45, 7) is 1.92. The van der Waals surface area contributed by atoms with Crippen LogP contribution >= 0.6 is 0 Å². The number of furan rings is 1. The fraction of sp³-hybridized carbons (Fsp3) is 0.200. The number of carbonyl (C=O) groups excluding carboxylic acids is 2. The number of carbonyl (C=O) groups is 2. The number of hydrogen-bond donors (Lipinski definition) is 2. The van der Waals surface area contributed by atoms with Crippen molar-refractivity contribution in [1.82, 2.24) is 0 Å². The molecule has 0 aliphatic rings. The van der Waals surface area contributed by atoms with Crippen LogP contribution < -0.4 is 15.4 Å². The monoisotopic (exact) mass is 352 g/mol. The fourth-order valence-corrected chi connectivity index (χ4v) is 2.69. The third kappa shape index (κ3) is 3.54. The van der Waals surface area contributed by atoms with E-state index < -0.39 is 5.91 Å². The molecule has 6 heteroatoms. The number of fused-ring (bicyclic) bond motifs is 1. The zero-order valence-electron chi connectivity index (χ0n) is 14.7. The Labute approximate surface area is 151 Å². The second-order valence-electron chi connectivity index (χ2n) is 5.75. The lowest BCUT2D eigenvalue weighted by Gasteiger charge is -2.10. The van der Waals surface area contributed by atoms with E-state index in [1.165, 1.54) is 7.11 Å². The molecular formula is C20H20N2O4. The third-order valence-electron chi connectivity index (χ3n) is 3.90. The summed E-state index contributed by atoms with van der Waals surface area (Å²) < 4.78 is 11.0. The minimum absolute atomic E-state index is 0.0570. The molecule has 0 saturated carbocycles. The molecule has 0 atom stereocenters. The van der Waals surface area contributed by atoms with Crippen molar-refractivity contribution >= 4 is 34.2 Å². The molecule has 2 amide bonds. The number of hydrogen-bond acceptors (Lipinski definition) is 4. The Morgan fingerprint density at radius 3 is 2.54 bits per heavy atom. The van der Waals surface area contributed by atoms with E-state index in [0.717, 1.165) is 0 Å². The van der Waals surface area contributed by atoms with Gasteiger partial charge in [0.05, 0.1) is 12.8 Å². The van der Waals surface area contributed by atoms with Crippen LogP contribution in [0, 0.1) is 0 Å². The third-order valence-corrected chi connectivity index (χ3v) is 3.90. The summed E-state index contributed by atoms with van der Waals surface area (Å²) in [5, 5.41) is 6.26. The lowest BCUT2D eigenvalue weighted by Crippen LogP contribution is -2.17. The van der Waals surface area contributed by atoms with Crippen molar-refractivity contribution in [2.24, 2.45) is 0 Å². The number of ether oxygens (including phenoxy) is 1. The fourth-order valence-electron chi connectivity index (χ4n) is 2.69. The molecule has 1 aromatic heterocycles. The largest absolute Gasteiger partial charge is 0.495 e. The normalized spacial score (nSPS) is 10.5. The predicted molar refractivity (Wildman–Crippen MR) is 101 cm³/mol. The zero-order valence-corrected chi connectivity index (χ0v) is 14.7. The minimum atomic E-state index is -0.461. The number of para-hydroxylation sites is 3. The molecule has 26 heavy (non-hydrogen) atoms. The van der Waals surface area contributed by atoms with Gasteiger partial charge in [-0.1, -0.05) is 31.2 Å². The highest BCUT2D eigenvalue weighted by Gasteiger charge is 2.22. The number of anilines is 2. The summed E-state index contributed by atoms with van der Waals surface area (Å²) in [5.41, 5.74) is 1.43. The Bertz CT molecular complexity index is 946. The van der Waals surface area contributed by atoms with Gasteiger partial charge in [-0.25, -0.2) is 0 Å². The molecule has 0 fully saturated rings. The van der Waals surface area contributed by atoms with E-state index in [4.69, 9.17) is 9.15 Å². The molecule has 6 nitrogen and oxygen atoms in total. The maximum Gasteiger partial charge on any atom is 0.293 e. The van der Waals surface area contributed by atoms with Gasteiger partial charge in [0.25, 0.3) is 5.91 Å². The lowest BCUT2D eigenvalue weighted by molar-refractivity contribution is -0.116. The van der Waals surface area contributed by atoms with E-state index >= 15 is 0 Å². The minimum Gasteiger partial charge on any atom is -0.495 e. The average Bonchev–Trinajstić information content (AvgIpc) is 3.01. The smallest absolute Gasteiger partial charge is 0.293 e. The summed E-state index contributed by atoms with van der Waals surface area (Å²) in [6.07, 6.45) is 1.08. The van der Waals surface area contributed by atoms with Crippen LogP contribution in [-0.4, -0.2) is 18.9 Å². The van der Waals surface area contributed by atoms with Crippen molar-refractivity contribution in [3.63, 3.8) is 0 Å². The molecule has 0 spiro atoms. The number of methoxy groups -OCH3 is 1. The van der Waals surface area contributed by atoms with Gasteiger partial charge in [-0.05, 0) is 30.7 Å². The summed E-state index contributed by atoms with van der Waals surface area (Å²) in [4.78, 5) is 24.9. The Balaban J connectivity index is 1.97. The van der Waals surface area contributed by atoms with Crippen LogP contribution in [0.4, 0.5) is 11.4 Å². The molecule has 2 aromatic carbocycles. The van der Waals surface area contributed by atoms with E-state index in [2.05, 4.69) is 10.6 Å². The molecule has 0 aliphatic heterocycles. The highest BCUT2D eigenvalue weighted by atomic mass is 16.5. The average molecular weight is 352 g/mol. The van der Waals surface area contributed by atoms with Crippen molar-refractivity contribution in [1.29, 1.82) is 0 Å². The first-order valence-electron chi connectivity index (χ1n) is 8.39. The van der Waals surface area contributed by atoms with Gasteiger partial charge >= 0.3 is 0 Å². The van der Waals surface area contributed by atoms with E-state index in [1.54, 1.807) is 30.3 Å². The highest BCUT2D eigenvalue weighted by molar-refractivity contribution is 6.14. The predicted octanol–water partition coefficient (Wildman–Crippen LogP) is 4.43. The molecule has 1 heterocycles. The van der Waals surface area contributed by atoms with Gasteiger partial charge in [-0.15, -0.1) is 0 Å². The molecule has 3 aromatic rings. The molecule has 0 radical (unpaired) electrons. The van der Waals surface area contributed by atoms with Gasteiger partial charge < -0.3 is 19.8 Å². The van der Waals surface area contributed by atoms with Crippen LogP contribution in [-0.2, 0) is 4.79 Å². The summed E-state index contributed by atoms with van der Waals surface area (Å²) in [6, 6.07) is 14.3. The van der Waals surface area contributed by atoms with Crippen LogP contribution in [0.1, 0.15) is 30.3 Å². The molecule has 0 bridgehead atoms. The number of benzene rings is 2. The first-order valence-corrected chi connectivity index (χ1v) is 8.39. The first-order chi connectivity index (χ1) is 12.6. The van der Waals surface area contributed by atoms with Crippen molar-refractivity contribution in [2.45, 2.75) is 19.8 Å². The number of rotatable bonds is 6. The van der Waals surface area contributed by atoms with Crippen molar-refractivity contribution in [2.75, 3.05) is 17.7 Å². The number of amides is 2. The van der Waals surface area contributed by atoms with E-state index in [-0.39, 0.29) is 11.7 Å². The maximum atomic E-state index is 12.8. The molecule has 0 saturated heterocycles. The second kappa shape index (κ2) is 7.74. The van der Waals surface area contributed by atoms with Gasteiger partial charge in [0.15, 0.2) is 0 Å². The van der Waals surface area contributed by atoms with Crippen LogP contribution in [0.3, 0.4) is 0 Å². The summed E-state index contributed by atoms with van der Waals surface area (Å²) in [5.74, 6) is -0.0296. The maximum absolute atomic E-state index is 12.8. The van der Waals surface area contributed by atoms with Gasteiger partial charge in [-0.2, -0.15) is 0 Å². The summed E-state index contributed by atoms with van der Waals surface area (Å²) >= 11 is 0. The quantitative estimate of drug-likeness (QED) is 0.687. The van der Waals surface area contributed by atoms with Gasteiger partial charge in [0, 0.05) is 11.8 Å². The van der Waals surface area contributed by atoms with Crippen molar-refractivity contribution in [3.8, 4) is 5.75 Å². The molecule has 134 valence electrons. The molecule has 2 N–H and O–H groups in total. The molecular weight excluding hydrogens is 332 g/mol. The van der Waals surface area contributed by atoms with E-state index in [0.29, 0.717) is 40.9 Å². The van der Waals surface area contributed by atoms with Crippen LogP contribution in [0.25, 0.3) is 11.0 Å². The molecule has 0 aliphatic carbocycles. The Morgan fingerprint density at radius 2 is 1.77 bits per heavy atom. The Kier molecular flexibility index (Phi) is 5.22. The lowest BCUT2D eigenvalue weighted by atomic mass is 10.2. The van der Waals surface area contributed by atoms with Crippen molar-refractivity contribution < 1.29 is 18.7 Å². The van der Waals surface area contributed by atoms with E-state index in [9.17, 15) is 9.59 Å². The SMILES string of the molecule is CCCC(=O)Nc1c(C(=O)Nc2ccccc2OC)oc2ccccc12. The topological polar surface area (TPSA) is 80.6 Å². The van der Waals surface area contributed by atoms with Crippen molar-refractivity contribution in [3.05, 3.63) is 54.3 Å². The van der Waals surface area contributed by atoms with E-state index in [1.807, 2.05) is 25.1 Å². The Hall–Kier alpha value is -3.28. The highest BCUT2D eigenvalue weighted by Crippen LogP contribution is 2.32. The first kappa shape index (κ1) is 17.5. The second-order valence-corrected chi connectivity index (χ2v) is 5.75. The molecule has 0 unspecified atom stereocenters. The standard InChI is InChI=1S/C20H20N2O4/c1-3-8-17(23)22-18-13-9-4-6-11-15(13)26-19(18)20(24)21-14-10-5-7-12-16(14)25-2/h4-7,9-12H,3,8H2,1-2H3,(H,21,24)(H,22,23). The van der Waals surface area contributed by atoms with Crippen LogP contribution in [0.5, 0.6) is 5.75 Å². The molecule has 3 rings (SSSR count). The summed E-state index contributed by atoms with van der Waals surface area (Å²) in [7, 11) is 1.53. The van der Waals surface area contributed by atoms with Gasteiger partial charge in [0.1, 0.15) is 17.0 Å². The van der Waals surface area contributed by atoms with Crippen LogP contribution in [0.2, 0.25) is 0 Å². The number of nitrogens with one attached hydrogen (secondary N) is 2. The van der Waals surface area contributed by atoms with Crippen LogP contribution in [0.15, 0.2) is 52.9 Å². The van der Waals surface area contributed by atoms with Gasteiger partial charge in [-0.3, -0.25) is 9.59 Å². The zero-order chi connectivity index (χ0) is 18.5. The van der Waals surface area contributed by atoms with Gasteiger partial charge in [0.2, 0.25) is 11.7 Å². The Morgan fingerprint density at radius 1 is 1.04 bits per heavy atom.